The van der Waals surface area contributed by atoms with Gasteiger partial charge >= 0.3 is 0 Å². The molecule has 0 N–H and O–H groups in total. The van der Waals surface area contributed by atoms with Crippen LogP contribution < -0.4 is 0 Å². The zero-order chi connectivity index (χ0) is 11.0. The highest BCUT2D eigenvalue weighted by Crippen LogP contribution is 2.13. The summed E-state index contributed by atoms with van der Waals surface area (Å²) < 4.78 is 0. The van der Waals surface area contributed by atoms with Gasteiger partial charge in [0.2, 0.25) is 0 Å². The summed E-state index contributed by atoms with van der Waals surface area (Å²) in [7, 11) is 0. The van der Waals surface area contributed by atoms with Crippen LogP contribution in [0.15, 0.2) is 23.8 Å². The smallest absolute Gasteiger partial charge is 0.0291 e. The molecule has 82 valence electrons. The lowest BCUT2D eigenvalue weighted by atomic mass is 10.0. The van der Waals surface area contributed by atoms with Crippen molar-refractivity contribution in [3.8, 4) is 0 Å². The van der Waals surface area contributed by atoms with Crippen LogP contribution in [-0.4, -0.2) is 0 Å². The summed E-state index contributed by atoms with van der Waals surface area (Å²) in [5, 5.41) is 0. The molecule has 0 saturated carbocycles. The standard InChI is InChI=1S/C14H26/c1-12(2)8-6-10-14(5)11-7-9-13(3)4/h10,13H,1,6-9,11H2,2-5H3. The SMILES string of the molecule is C=C(C)CCC=C(C)CCCC(C)C. The highest BCUT2D eigenvalue weighted by atomic mass is 14.0. The minimum atomic E-state index is 0.846. The lowest BCUT2D eigenvalue weighted by Crippen LogP contribution is -1.87. The van der Waals surface area contributed by atoms with Gasteiger partial charge in [-0.25, -0.2) is 0 Å². The van der Waals surface area contributed by atoms with Crippen LogP contribution >= 0.6 is 0 Å². The van der Waals surface area contributed by atoms with Crippen LogP contribution in [0.2, 0.25) is 0 Å². The van der Waals surface area contributed by atoms with E-state index in [9.17, 15) is 0 Å². The molecule has 0 aliphatic carbocycles. The second kappa shape index (κ2) is 7.84. The largest absolute Gasteiger partial charge is 0.100 e. The van der Waals surface area contributed by atoms with E-state index in [0.29, 0.717) is 0 Å². The average Bonchev–Trinajstić information content (AvgIpc) is 2.02. The van der Waals surface area contributed by atoms with Crippen molar-refractivity contribution in [2.75, 3.05) is 0 Å². The second-order valence-electron chi connectivity index (χ2n) is 4.83. The van der Waals surface area contributed by atoms with Crippen LogP contribution in [0.25, 0.3) is 0 Å². The third kappa shape index (κ3) is 9.57. The minimum absolute atomic E-state index is 0.846. The van der Waals surface area contributed by atoms with Gasteiger partial charge in [0.25, 0.3) is 0 Å². The predicted octanol–water partition coefficient (Wildman–Crippen LogP) is 5.12. The van der Waals surface area contributed by atoms with E-state index in [1.165, 1.54) is 31.3 Å². The quantitative estimate of drug-likeness (QED) is 0.494. The molecule has 0 heteroatoms. The van der Waals surface area contributed by atoms with E-state index in [1.807, 2.05) is 0 Å². The van der Waals surface area contributed by atoms with Crippen molar-refractivity contribution in [3.05, 3.63) is 23.8 Å². The van der Waals surface area contributed by atoms with Crippen LogP contribution in [0.5, 0.6) is 0 Å². The normalized spacial score (nSPS) is 12.2. The van der Waals surface area contributed by atoms with E-state index in [0.717, 1.165) is 12.3 Å². The van der Waals surface area contributed by atoms with Crippen LogP contribution in [0.1, 0.15) is 59.8 Å². The second-order valence-corrected chi connectivity index (χ2v) is 4.83. The topological polar surface area (TPSA) is 0 Å². The summed E-state index contributed by atoms with van der Waals surface area (Å²) in [4.78, 5) is 0. The molecule has 0 heterocycles. The molecule has 0 spiro atoms. The zero-order valence-electron chi connectivity index (χ0n) is 10.4. The van der Waals surface area contributed by atoms with Gasteiger partial charge in [0, 0.05) is 0 Å². The van der Waals surface area contributed by atoms with Crippen LogP contribution in [-0.2, 0) is 0 Å². The van der Waals surface area contributed by atoms with Gasteiger partial charge in [-0.1, -0.05) is 37.5 Å². The molecule has 0 aliphatic heterocycles. The number of rotatable bonds is 7. The maximum atomic E-state index is 3.91. The molecule has 0 aliphatic rings. The molecule has 0 atom stereocenters. The van der Waals surface area contributed by atoms with Gasteiger partial charge in [-0.3, -0.25) is 0 Å². The Morgan fingerprint density at radius 2 is 1.86 bits per heavy atom. The Hall–Kier alpha value is -0.520. The van der Waals surface area contributed by atoms with E-state index in [4.69, 9.17) is 0 Å². The summed E-state index contributed by atoms with van der Waals surface area (Å²) in [6.45, 7) is 12.8. The fourth-order valence-electron chi connectivity index (χ4n) is 1.46. The fourth-order valence-corrected chi connectivity index (χ4v) is 1.46. The maximum Gasteiger partial charge on any atom is -0.0291 e. The molecule has 14 heavy (non-hydrogen) atoms. The van der Waals surface area contributed by atoms with E-state index in [-0.39, 0.29) is 0 Å². The van der Waals surface area contributed by atoms with E-state index >= 15 is 0 Å². The highest BCUT2D eigenvalue weighted by molar-refractivity contribution is 5.00. The summed E-state index contributed by atoms with van der Waals surface area (Å²) >= 11 is 0. The van der Waals surface area contributed by atoms with Gasteiger partial charge in [-0.05, 0) is 45.4 Å². The van der Waals surface area contributed by atoms with Crippen LogP contribution in [0, 0.1) is 5.92 Å². The average molecular weight is 194 g/mol. The van der Waals surface area contributed by atoms with Crippen molar-refractivity contribution in [1.82, 2.24) is 0 Å². The maximum absolute atomic E-state index is 3.91. The molecule has 0 fully saturated rings. The third-order valence-corrected chi connectivity index (χ3v) is 2.42. The van der Waals surface area contributed by atoms with Crippen molar-refractivity contribution in [2.45, 2.75) is 59.8 Å². The molecule has 0 saturated heterocycles. The molecule has 0 nitrogen and oxygen atoms in total. The lowest BCUT2D eigenvalue weighted by molar-refractivity contribution is 0.554. The van der Waals surface area contributed by atoms with Crippen molar-refractivity contribution in [1.29, 1.82) is 0 Å². The Morgan fingerprint density at radius 1 is 1.21 bits per heavy atom. The minimum Gasteiger partial charge on any atom is -0.100 e. The van der Waals surface area contributed by atoms with Gasteiger partial charge in [0.1, 0.15) is 0 Å². The highest BCUT2D eigenvalue weighted by Gasteiger charge is 1.95. The van der Waals surface area contributed by atoms with Gasteiger partial charge in [-0.2, -0.15) is 0 Å². The van der Waals surface area contributed by atoms with E-state index in [1.54, 1.807) is 5.57 Å². The predicted molar refractivity (Wildman–Crippen MR) is 66.5 cm³/mol. The monoisotopic (exact) mass is 194 g/mol. The molecule has 0 unspecified atom stereocenters. The number of allylic oxidation sites excluding steroid dienone is 3. The Labute approximate surface area is 90.1 Å². The zero-order valence-corrected chi connectivity index (χ0v) is 10.4. The summed E-state index contributed by atoms with van der Waals surface area (Å²) in [5.74, 6) is 0.846. The Bertz CT molecular complexity index is 184. The van der Waals surface area contributed by atoms with Crippen molar-refractivity contribution >= 4 is 0 Å². The molecule has 0 aromatic heterocycles. The lowest BCUT2D eigenvalue weighted by Gasteiger charge is -2.04. The first-order chi connectivity index (χ1) is 6.52. The first-order valence-corrected chi connectivity index (χ1v) is 5.82. The summed E-state index contributed by atoms with van der Waals surface area (Å²) in [5.41, 5.74) is 2.84. The fraction of sp³-hybridized carbons (Fsp3) is 0.714. The molecule has 0 aromatic rings. The van der Waals surface area contributed by atoms with Crippen LogP contribution in [0.4, 0.5) is 0 Å². The molecule has 0 radical (unpaired) electrons. The molecular formula is C14H26. The molecule has 0 bridgehead atoms. The third-order valence-electron chi connectivity index (χ3n) is 2.42. The molecule has 0 rings (SSSR count). The van der Waals surface area contributed by atoms with Crippen LogP contribution in [0.3, 0.4) is 0 Å². The van der Waals surface area contributed by atoms with Gasteiger partial charge < -0.3 is 0 Å². The van der Waals surface area contributed by atoms with Gasteiger partial charge in [-0.15, -0.1) is 6.58 Å². The Balaban J connectivity index is 3.51. The first-order valence-electron chi connectivity index (χ1n) is 5.82. The van der Waals surface area contributed by atoms with Gasteiger partial charge in [0.05, 0.1) is 0 Å². The molecule has 0 aromatic carbocycles. The summed E-state index contributed by atoms with van der Waals surface area (Å²) in [6.07, 6.45) is 8.65. The Kier molecular flexibility index (Phi) is 7.55. The number of hydrogen-bond acceptors (Lipinski definition) is 0. The van der Waals surface area contributed by atoms with Crippen molar-refractivity contribution in [2.24, 2.45) is 5.92 Å². The summed E-state index contributed by atoms with van der Waals surface area (Å²) in [6, 6.07) is 0. The number of hydrogen-bond donors (Lipinski definition) is 0. The first kappa shape index (κ1) is 13.5. The van der Waals surface area contributed by atoms with Crippen molar-refractivity contribution in [3.63, 3.8) is 0 Å². The molecular weight excluding hydrogens is 168 g/mol. The molecule has 0 amide bonds. The van der Waals surface area contributed by atoms with E-state index < -0.39 is 0 Å². The van der Waals surface area contributed by atoms with E-state index in [2.05, 4.69) is 40.3 Å². The van der Waals surface area contributed by atoms with Crippen molar-refractivity contribution < 1.29 is 0 Å². The Morgan fingerprint density at radius 3 is 2.36 bits per heavy atom. The van der Waals surface area contributed by atoms with Gasteiger partial charge in [0.15, 0.2) is 0 Å².